The monoisotopic (exact) mass is 377 g/mol. The molecule has 0 aliphatic heterocycles. The lowest BCUT2D eigenvalue weighted by Gasteiger charge is -2.11. The van der Waals surface area contributed by atoms with Crippen molar-refractivity contribution in [2.45, 2.75) is 13.3 Å². The van der Waals surface area contributed by atoms with Crippen LogP contribution in [0.1, 0.15) is 12.0 Å². The van der Waals surface area contributed by atoms with Crippen molar-refractivity contribution >= 4 is 23.2 Å². The molecule has 0 saturated heterocycles. The average molecular weight is 378 g/mol. The van der Waals surface area contributed by atoms with Gasteiger partial charge in [0.15, 0.2) is 17.5 Å². The molecular weight excluding hydrogens is 354 g/mol. The minimum absolute atomic E-state index is 0.333. The maximum absolute atomic E-state index is 5.93. The van der Waals surface area contributed by atoms with Gasteiger partial charge in [-0.1, -0.05) is 11.6 Å². The molecule has 0 radical (unpaired) electrons. The number of guanidine groups is 1. The van der Waals surface area contributed by atoms with E-state index < -0.39 is 0 Å². The Hall–Kier alpha value is -2.60. The fourth-order valence-corrected chi connectivity index (χ4v) is 2.55. The lowest BCUT2D eigenvalue weighted by atomic mass is 10.2. The highest BCUT2D eigenvalue weighted by Crippen LogP contribution is 2.29. The first-order chi connectivity index (χ1) is 12.5. The minimum atomic E-state index is 0.333. The fraction of sp³-hybridized carbons (Fsp3) is 0.316. The second-order valence-corrected chi connectivity index (χ2v) is 6.01. The molecule has 0 saturated carbocycles. The van der Waals surface area contributed by atoms with E-state index in [1.807, 2.05) is 31.2 Å². The van der Waals surface area contributed by atoms with Gasteiger partial charge in [0.1, 0.15) is 5.75 Å². The molecule has 0 unspecified atom stereocenters. The third kappa shape index (κ3) is 5.74. The summed E-state index contributed by atoms with van der Waals surface area (Å²) in [7, 11) is 3.18. The predicted molar refractivity (Wildman–Crippen MR) is 106 cm³/mol. The van der Waals surface area contributed by atoms with E-state index in [-0.39, 0.29) is 0 Å². The molecule has 0 bridgehead atoms. The molecule has 26 heavy (non-hydrogen) atoms. The molecule has 2 rings (SSSR count). The first-order valence-electron chi connectivity index (χ1n) is 8.21. The van der Waals surface area contributed by atoms with Crippen molar-refractivity contribution in [3.05, 3.63) is 47.0 Å². The summed E-state index contributed by atoms with van der Waals surface area (Å²) < 4.78 is 16.2. The Morgan fingerprint density at radius 1 is 1.08 bits per heavy atom. The van der Waals surface area contributed by atoms with Crippen LogP contribution in [0.25, 0.3) is 0 Å². The molecule has 0 aliphatic carbocycles. The van der Waals surface area contributed by atoms with Gasteiger partial charge in [0.2, 0.25) is 0 Å². The third-order valence-corrected chi connectivity index (χ3v) is 3.87. The van der Waals surface area contributed by atoms with Crippen molar-refractivity contribution in [2.75, 3.05) is 32.7 Å². The molecule has 0 aliphatic rings. The lowest BCUT2D eigenvalue weighted by Crippen LogP contribution is -2.23. The first kappa shape index (κ1) is 19.7. The van der Waals surface area contributed by atoms with E-state index in [9.17, 15) is 0 Å². The van der Waals surface area contributed by atoms with Crippen molar-refractivity contribution in [1.29, 1.82) is 0 Å². The SMILES string of the molecule is COc1ccc(NC(N)=NCCCOc2ccc(Cl)cc2C)cc1OC. The molecule has 3 N–H and O–H groups in total. The van der Waals surface area contributed by atoms with Gasteiger partial charge in [0, 0.05) is 29.7 Å². The summed E-state index contributed by atoms with van der Waals surface area (Å²) in [6, 6.07) is 11.0. The number of nitrogens with two attached hydrogens (primary N) is 1. The Bertz CT molecular complexity index is 766. The Morgan fingerprint density at radius 3 is 2.50 bits per heavy atom. The molecule has 2 aromatic carbocycles. The van der Waals surface area contributed by atoms with E-state index >= 15 is 0 Å². The van der Waals surface area contributed by atoms with E-state index in [0.717, 1.165) is 23.4 Å². The Balaban J connectivity index is 1.79. The van der Waals surface area contributed by atoms with E-state index in [2.05, 4.69) is 10.3 Å². The summed E-state index contributed by atoms with van der Waals surface area (Å²) in [5.41, 5.74) is 7.70. The zero-order valence-electron chi connectivity index (χ0n) is 15.2. The molecule has 0 fully saturated rings. The van der Waals surface area contributed by atoms with Gasteiger partial charge in [0.25, 0.3) is 0 Å². The van der Waals surface area contributed by atoms with Crippen molar-refractivity contribution < 1.29 is 14.2 Å². The van der Waals surface area contributed by atoms with E-state index in [1.165, 1.54) is 0 Å². The van der Waals surface area contributed by atoms with Gasteiger partial charge in [0.05, 0.1) is 20.8 Å². The smallest absolute Gasteiger partial charge is 0.193 e. The van der Waals surface area contributed by atoms with Gasteiger partial charge in [-0.15, -0.1) is 0 Å². The maximum atomic E-state index is 5.93. The summed E-state index contributed by atoms with van der Waals surface area (Å²) in [6.45, 7) is 3.07. The normalized spacial score (nSPS) is 11.2. The van der Waals surface area contributed by atoms with Crippen molar-refractivity contribution in [2.24, 2.45) is 10.7 Å². The van der Waals surface area contributed by atoms with Crippen molar-refractivity contribution in [3.8, 4) is 17.2 Å². The van der Waals surface area contributed by atoms with Crippen LogP contribution in [0.3, 0.4) is 0 Å². The number of methoxy groups -OCH3 is 2. The summed E-state index contributed by atoms with van der Waals surface area (Å²) in [5.74, 6) is 2.44. The van der Waals surface area contributed by atoms with Crippen LogP contribution in [-0.4, -0.2) is 33.3 Å². The van der Waals surface area contributed by atoms with Crippen LogP contribution in [0.15, 0.2) is 41.4 Å². The van der Waals surface area contributed by atoms with E-state index in [1.54, 1.807) is 26.4 Å². The van der Waals surface area contributed by atoms with Crippen LogP contribution in [-0.2, 0) is 0 Å². The molecule has 140 valence electrons. The quantitative estimate of drug-likeness (QED) is 0.415. The van der Waals surface area contributed by atoms with Crippen LogP contribution < -0.4 is 25.3 Å². The molecule has 0 heterocycles. The topological polar surface area (TPSA) is 78.1 Å². The van der Waals surface area contributed by atoms with Crippen LogP contribution in [0.5, 0.6) is 17.2 Å². The molecule has 0 amide bonds. The maximum Gasteiger partial charge on any atom is 0.193 e. The molecule has 6 nitrogen and oxygen atoms in total. The summed E-state index contributed by atoms with van der Waals surface area (Å²) >= 11 is 5.93. The largest absolute Gasteiger partial charge is 0.493 e. The molecule has 0 atom stereocenters. The standard InChI is InChI=1S/C19H24ClN3O3/c1-13-11-14(20)5-7-16(13)26-10-4-9-22-19(21)23-15-6-8-17(24-2)18(12-15)25-3/h5-8,11-12H,4,9-10H2,1-3H3,(H3,21,22,23). The number of hydrogen-bond acceptors (Lipinski definition) is 4. The number of aryl methyl sites for hydroxylation is 1. The number of rotatable bonds is 8. The average Bonchev–Trinajstić information content (AvgIpc) is 2.62. The lowest BCUT2D eigenvalue weighted by molar-refractivity contribution is 0.311. The van der Waals surface area contributed by atoms with Crippen LogP contribution >= 0.6 is 11.6 Å². The summed E-state index contributed by atoms with van der Waals surface area (Å²) in [4.78, 5) is 4.30. The number of halogens is 1. The summed E-state index contributed by atoms with van der Waals surface area (Å²) in [5, 5.41) is 3.73. The van der Waals surface area contributed by atoms with Gasteiger partial charge < -0.3 is 25.3 Å². The number of nitrogens with zero attached hydrogens (tertiary/aromatic N) is 1. The molecule has 2 aromatic rings. The Labute approximate surface area is 158 Å². The number of hydrogen-bond donors (Lipinski definition) is 2. The molecule has 0 aromatic heterocycles. The zero-order valence-corrected chi connectivity index (χ0v) is 16.0. The molecule has 0 spiro atoms. The number of aliphatic imine (C=N–C) groups is 1. The van der Waals surface area contributed by atoms with Crippen LogP contribution in [0.2, 0.25) is 5.02 Å². The second kappa shape index (κ2) is 9.77. The predicted octanol–water partition coefficient (Wildman–Crippen LogP) is 3.86. The summed E-state index contributed by atoms with van der Waals surface area (Å²) in [6.07, 6.45) is 0.746. The molecular formula is C19H24ClN3O3. The highest BCUT2D eigenvalue weighted by atomic mass is 35.5. The first-order valence-corrected chi connectivity index (χ1v) is 8.59. The van der Waals surface area contributed by atoms with E-state index in [4.69, 9.17) is 31.5 Å². The number of benzene rings is 2. The number of anilines is 1. The van der Waals surface area contributed by atoms with Gasteiger partial charge in [-0.25, -0.2) is 0 Å². The van der Waals surface area contributed by atoms with Crippen LogP contribution in [0, 0.1) is 6.92 Å². The van der Waals surface area contributed by atoms with Crippen LogP contribution in [0.4, 0.5) is 5.69 Å². The Morgan fingerprint density at radius 2 is 1.81 bits per heavy atom. The highest BCUT2D eigenvalue weighted by molar-refractivity contribution is 6.30. The zero-order chi connectivity index (χ0) is 18.9. The number of ether oxygens (including phenoxy) is 3. The van der Waals surface area contributed by atoms with Gasteiger partial charge in [-0.2, -0.15) is 0 Å². The van der Waals surface area contributed by atoms with Gasteiger partial charge in [-0.05, 0) is 42.8 Å². The number of nitrogens with one attached hydrogen (secondary N) is 1. The van der Waals surface area contributed by atoms with Crippen molar-refractivity contribution in [3.63, 3.8) is 0 Å². The fourth-order valence-electron chi connectivity index (χ4n) is 2.32. The van der Waals surface area contributed by atoms with Gasteiger partial charge >= 0.3 is 0 Å². The third-order valence-electron chi connectivity index (χ3n) is 3.64. The van der Waals surface area contributed by atoms with Crippen molar-refractivity contribution in [1.82, 2.24) is 0 Å². The molecule has 7 heteroatoms. The highest BCUT2D eigenvalue weighted by Gasteiger charge is 2.05. The van der Waals surface area contributed by atoms with Gasteiger partial charge in [-0.3, -0.25) is 4.99 Å². The van der Waals surface area contributed by atoms with E-state index in [0.29, 0.717) is 35.6 Å². The second-order valence-electron chi connectivity index (χ2n) is 5.57. The minimum Gasteiger partial charge on any atom is -0.493 e. The Kier molecular flexibility index (Phi) is 7.41.